The van der Waals surface area contributed by atoms with Gasteiger partial charge >= 0.3 is 5.97 Å². The van der Waals surface area contributed by atoms with Crippen molar-refractivity contribution in [1.29, 1.82) is 0 Å². The topological polar surface area (TPSA) is 37.3 Å². The van der Waals surface area contributed by atoms with Crippen molar-refractivity contribution in [2.24, 2.45) is 5.92 Å². The molecule has 0 aromatic carbocycles. The third-order valence-electron chi connectivity index (χ3n) is 1.44. The molecule has 0 amide bonds. The molecule has 60 valence electrons. The first kappa shape index (κ1) is 9.76. The average Bonchev–Trinajstić information content (AvgIpc) is 1.87. The summed E-state index contributed by atoms with van der Waals surface area (Å²) in [7, 11) is 0. The molecule has 0 spiro atoms. The zero-order valence-corrected chi connectivity index (χ0v) is 6.90. The summed E-state index contributed by atoms with van der Waals surface area (Å²) in [4.78, 5) is 10.4. The third-order valence-corrected chi connectivity index (χ3v) is 1.66. The summed E-state index contributed by atoms with van der Waals surface area (Å²) in [5.74, 6) is -0.512. The van der Waals surface area contributed by atoms with E-state index in [1.807, 2.05) is 6.92 Å². The molecule has 10 heavy (non-hydrogen) atoms. The van der Waals surface area contributed by atoms with Crippen LogP contribution in [0.15, 0.2) is 0 Å². The maximum Gasteiger partial charge on any atom is 0.306 e. The number of carboxylic acid groups (broad SMARTS) is 1. The summed E-state index contributed by atoms with van der Waals surface area (Å²) in [6, 6.07) is 0. The highest BCUT2D eigenvalue weighted by Crippen LogP contribution is 2.11. The second-order valence-electron chi connectivity index (χ2n) is 2.30. The van der Waals surface area contributed by atoms with Gasteiger partial charge in [-0.15, -0.1) is 11.6 Å². The van der Waals surface area contributed by atoms with E-state index in [0.717, 1.165) is 12.8 Å². The number of aliphatic carboxylic acids is 1. The highest BCUT2D eigenvalue weighted by molar-refractivity contribution is 6.17. The van der Waals surface area contributed by atoms with Crippen LogP contribution >= 0.6 is 11.6 Å². The lowest BCUT2D eigenvalue weighted by atomic mass is 10.0. The normalized spacial score (nSPS) is 13.0. The number of carboxylic acids is 1. The van der Waals surface area contributed by atoms with Crippen LogP contribution in [-0.2, 0) is 4.79 Å². The molecule has 0 bridgehead atoms. The standard InChI is InChI=1S/C7H13ClO2/c1-2-3-6(4-5-8)7(9)10/h6H,2-5H2,1H3,(H,9,10). The van der Waals surface area contributed by atoms with Crippen LogP contribution < -0.4 is 0 Å². The summed E-state index contributed by atoms with van der Waals surface area (Å²) in [6.45, 7) is 1.98. The lowest BCUT2D eigenvalue weighted by molar-refractivity contribution is -0.142. The van der Waals surface area contributed by atoms with Gasteiger partial charge in [-0.2, -0.15) is 0 Å². The Hall–Kier alpha value is -0.240. The largest absolute Gasteiger partial charge is 0.481 e. The Morgan fingerprint density at radius 1 is 1.60 bits per heavy atom. The molecule has 1 atom stereocenters. The van der Waals surface area contributed by atoms with Crippen molar-refractivity contribution < 1.29 is 9.90 Å². The van der Waals surface area contributed by atoms with E-state index >= 15 is 0 Å². The molecule has 0 aromatic heterocycles. The van der Waals surface area contributed by atoms with Gasteiger partial charge < -0.3 is 5.11 Å². The van der Waals surface area contributed by atoms with Crippen LogP contribution in [0.25, 0.3) is 0 Å². The van der Waals surface area contributed by atoms with Crippen LogP contribution in [0.1, 0.15) is 26.2 Å². The zero-order valence-electron chi connectivity index (χ0n) is 6.14. The minimum atomic E-state index is -0.720. The highest BCUT2D eigenvalue weighted by Gasteiger charge is 2.14. The molecule has 0 heterocycles. The summed E-state index contributed by atoms with van der Waals surface area (Å²) in [5, 5.41) is 8.58. The fourth-order valence-electron chi connectivity index (χ4n) is 0.871. The van der Waals surface area contributed by atoms with E-state index in [1.54, 1.807) is 0 Å². The predicted octanol–water partition coefficient (Wildman–Crippen LogP) is 2.12. The average molecular weight is 165 g/mol. The van der Waals surface area contributed by atoms with Crippen molar-refractivity contribution in [1.82, 2.24) is 0 Å². The zero-order chi connectivity index (χ0) is 7.98. The molecule has 1 unspecified atom stereocenters. The van der Waals surface area contributed by atoms with Crippen molar-refractivity contribution in [2.45, 2.75) is 26.2 Å². The second-order valence-corrected chi connectivity index (χ2v) is 2.68. The number of rotatable bonds is 5. The van der Waals surface area contributed by atoms with Crippen LogP contribution in [0.3, 0.4) is 0 Å². The Balaban J connectivity index is 3.61. The molecule has 2 nitrogen and oxygen atoms in total. The molecule has 0 radical (unpaired) electrons. The molecule has 1 N–H and O–H groups in total. The smallest absolute Gasteiger partial charge is 0.306 e. The summed E-state index contributed by atoms with van der Waals surface area (Å²) >= 11 is 5.41. The Bertz CT molecular complexity index is 97.8. The van der Waals surface area contributed by atoms with Gasteiger partial charge in [0.2, 0.25) is 0 Å². The number of hydrogen-bond acceptors (Lipinski definition) is 1. The van der Waals surface area contributed by atoms with Crippen LogP contribution in [0, 0.1) is 5.92 Å². The van der Waals surface area contributed by atoms with E-state index in [4.69, 9.17) is 16.7 Å². The Labute approximate surface area is 66.2 Å². The maximum atomic E-state index is 10.4. The molecule has 0 aliphatic rings. The van der Waals surface area contributed by atoms with Crippen molar-refractivity contribution in [3.8, 4) is 0 Å². The molecule has 0 aliphatic carbocycles. The first-order chi connectivity index (χ1) is 4.72. The fraction of sp³-hybridized carbons (Fsp3) is 0.857. The molecule has 0 rings (SSSR count). The lowest BCUT2D eigenvalue weighted by Gasteiger charge is -2.07. The molecule has 0 aliphatic heterocycles. The van der Waals surface area contributed by atoms with E-state index in [1.165, 1.54) is 0 Å². The van der Waals surface area contributed by atoms with Crippen LogP contribution in [-0.4, -0.2) is 17.0 Å². The molecule has 0 aromatic rings. The van der Waals surface area contributed by atoms with E-state index in [0.29, 0.717) is 12.3 Å². The second kappa shape index (κ2) is 5.54. The quantitative estimate of drug-likeness (QED) is 0.632. The van der Waals surface area contributed by atoms with Gasteiger partial charge in [-0.1, -0.05) is 13.3 Å². The van der Waals surface area contributed by atoms with Gasteiger partial charge in [0.15, 0.2) is 0 Å². The van der Waals surface area contributed by atoms with Gasteiger partial charge in [-0.3, -0.25) is 4.79 Å². The SMILES string of the molecule is CCCC(CCCl)C(=O)O. The van der Waals surface area contributed by atoms with E-state index in [-0.39, 0.29) is 5.92 Å². The third kappa shape index (κ3) is 3.72. The van der Waals surface area contributed by atoms with Crippen LogP contribution in [0.5, 0.6) is 0 Å². The molecular weight excluding hydrogens is 152 g/mol. The summed E-state index contributed by atoms with van der Waals surface area (Å²) < 4.78 is 0. The van der Waals surface area contributed by atoms with Gasteiger partial charge in [0.05, 0.1) is 5.92 Å². The monoisotopic (exact) mass is 164 g/mol. The van der Waals surface area contributed by atoms with E-state index in [2.05, 4.69) is 0 Å². The van der Waals surface area contributed by atoms with Crippen LogP contribution in [0.4, 0.5) is 0 Å². The first-order valence-electron chi connectivity index (χ1n) is 3.51. The molecule has 0 fully saturated rings. The van der Waals surface area contributed by atoms with Gasteiger partial charge in [0, 0.05) is 5.88 Å². The molecular formula is C7H13ClO2. The van der Waals surface area contributed by atoms with Gasteiger partial charge in [-0.25, -0.2) is 0 Å². The fourth-order valence-corrected chi connectivity index (χ4v) is 1.13. The first-order valence-corrected chi connectivity index (χ1v) is 4.04. The van der Waals surface area contributed by atoms with Crippen molar-refractivity contribution >= 4 is 17.6 Å². The lowest BCUT2D eigenvalue weighted by Crippen LogP contribution is -2.13. The summed E-state index contributed by atoms with van der Waals surface area (Å²) in [6.07, 6.45) is 2.24. The number of carbonyl (C=O) groups is 1. The number of halogens is 1. The Morgan fingerprint density at radius 3 is 2.50 bits per heavy atom. The molecule has 0 saturated heterocycles. The highest BCUT2D eigenvalue weighted by atomic mass is 35.5. The Morgan fingerprint density at radius 2 is 2.20 bits per heavy atom. The van der Waals surface area contributed by atoms with Gasteiger partial charge in [0.25, 0.3) is 0 Å². The van der Waals surface area contributed by atoms with E-state index in [9.17, 15) is 4.79 Å². The van der Waals surface area contributed by atoms with Crippen molar-refractivity contribution in [3.63, 3.8) is 0 Å². The number of hydrogen-bond donors (Lipinski definition) is 1. The minimum Gasteiger partial charge on any atom is -0.481 e. The van der Waals surface area contributed by atoms with Gasteiger partial charge in [-0.05, 0) is 12.8 Å². The minimum absolute atomic E-state index is 0.234. The van der Waals surface area contributed by atoms with Crippen molar-refractivity contribution in [3.05, 3.63) is 0 Å². The Kier molecular flexibility index (Phi) is 5.40. The van der Waals surface area contributed by atoms with Crippen molar-refractivity contribution in [2.75, 3.05) is 5.88 Å². The van der Waals surface area contributed by atoms with Crippen LogP contribution in [0.2, 0.25) is 0 Å². The molecule has 0 saturated carbocycles. The summed E-state index contributed by atoms with van der Waals surface area (Å²) in [5.41, 5.74) is 0. The maximum absolute atomic E-state index is 10.4. The molecule has 3 heteroatoms. The van der Waals surface area contributed by atoms with Gasteiger partial charge in [0.1, 0.15) is 0 Å². The number of alkyl halides is 1. The predicted molar refractivity (Wildman–Crippen MR) is 41.4 cm³/mol. The van der Waals surface area contributed by atoms with E-state index < -0.39 is 5.97 Å².